The first kappa shape index (κ1) is 12.2. The van der Waals surface area contributed by atoms with Crippen molar-refractivity contribution in [3.05, 3.63) is 52.9 Å². The SMILES string of the molecule is CC.O=c1oc2cc(O)ccc2c2ccccc12. The first-order valence-electron chi connectivity index (χ1n) is 5.90. The van der Waals surface area contributed by atoms with E-state index >= 15 is 0 Å². The van der Waals surface area contributed by atoms with E-state index in [4.69, 9.17) is 4.42 Å². The minimum Gasteiger partial charge on any atom is -0.508 e. The Hall–Kier alpha value is -2.29. The van der Waals surface area contributed by atoms with Crippen LogP contribution in [0.25, 0.3) is 21.7 Å². The second-order valence-corrected chi connectivity index (χ2v) is 3.62. The summed E-state index contributed by atoms with van der Waals surface area (Å²) in [5, 5.41) is 11.6. The Morgan fingerprint density at radius 2 is 1.61 bits per heavy atom. The van der Waals surface area contributed by atoms with Crippen molar-refractivity contribution in [2.75, 3.05) is 0 Å². The van der Waals surface area contributed by atoms with Gasteiger partial charge in [-0.15, -0.1) is 0 Å². The van der Waals surface area contributed by atoms with Crippen LogP contribution in [0.3, 0.4) is 0 Å². The van der Waals surface area contributed by atoms with Crippen molar-refractivity contribution >= 4 is 21.7 Å². The molecule has 0 bridgehead atoms. The van der Waals surface area contributed by atoms with Gasteiger partial charge in [0, 0.05) is 11.5 Å². The van der Waals surface area contributed by atoms with E-state index in [1.54, 1.807) is 24.3 Å². The molecule has 0 saturated carbocycles. The molecule has 0 amide bonds. The van der Waals surface area contributed by atoms with Crippen LogP contribution in [0.2, 0.25) is 0 Å². The molecular weight excluding hydrogens is 228 g/mol. The van der Waals surface area contributed by atoms with E-state index in [1.807, 2.05) is 26.0 Å². The topological polar surface area (TPSA) is 50.4 Å². The zero-order valence-electron chi connectivity index (χ0n) is 10.3. The molecule has 0 saturated heterocycles. The van der Waals surface area contributed by atoms with E-state index < -0.39 is 0 Å². The zero-order chi connectivity index (χ0) is 13.1. The van der Waals surface area contributed by atoms with Gasteiger partial charge >= 0.3 is 5.63 Å². The fourth-order valence-corrected chi connectivity index (χ4v) is 1.87. The van der Waals surface area contributed by atoms with E-state index in [-0.39, 0.29) is 11.4 Å². The lowest BCUT2D eigenvalue weighted by Crippen LogP contribution is -1.99. The maximum atomic E-state index is 11.7. The lowest BCUT2D eigenvalue weighted by molar-refractivity contribution is 0.473. The highest BCUT2D eigenvalue weighted by atomic mass is 16.4. The van der Waals surface area contributed by atoms with Crippen LogP contribution < -0.4 is 5.63 Å². The number of fused-ring (bicyclic) bond motifs is 3. The molecule has 3 heteroatoms. The van der Waals surface area contributed by atoms with Crippen LogP contribution in [-0.2, 0) is 0 Å². The average Bonchev–Trinajstić information content (AvgIpc) is 2.41. The van der Waals surface area contributed by atoms with Crippen LogP contribution in [0.1, 0.15) is 13.8 Å². The van der Waals surface area contributed by atoms with Gasteiger partial charge in [-0.25, -0.2) is 4.79 Å². The molecule has 92 valence electrons. The molecule has 2 aromatic carbocycles. The summed E-state index contributed by atoms with van der Waals surface area (Å²) in [5.41, 5.74) is 0.0254. The summed E-state index contributed by atoms with van der Waals surface area (Å²) in [7, 11) is 0. The van der Waals surface area contributed by atoms with Crippen molar-refractivity contribution in [3.8, 4) is 5.75 Å². The van der Waals surface area contributed by atoms with Crippen LogP contribution >= 0.6 is 0 Å². The molecule has 0 atom stereocenters. The Labute approximate surface area is 104 Å². The predicted octanol–water partition coefficient (Wildman–Crippen LogP) is 3.68. The van der Waals surface area contributed by atoms with Gasteiger partial charge in [0.25, 0.3) is 0 Å². The van der Waals surface area contributed by atoms with Gasteiger partial charge in [-0.2, -0.15) is 0 Å². The monoisotopic (exact) mass is 242 g/mol. The van der Waals surface area contributed by atoms with Gasteiger partial charge in [0.2, 0.25) is 0 Å². The number of rotatable bonds is 0. The molecule has 3 aromatic rings. The summed E-state index contributed by atoms with van der Waals surface area (Å²) in [6.45, 7) is 4.00. The number of phenolic OH excluding ortho intramolecular Hbond substituents is 1. The molecular formula is C15H14O3. The summed E-state index contributed by atoms with van der Waals surface area (Å²) in [6.07, 6.45) is 0. The standard InChI is InChI=1S/C13H8O3.C2H6/c14-8-5-6-10-9-3-1-2-4-11(9)13(15)16-12(10)7-8;1-2/h1-7,14H;1-2H3. The van der Waals surface area contributed by atoms with Crippen LogP contribution in [0.5, 0.6) is 5.75 Å². The minimum absolute atomic E-state index is 0.0888. The first-order valence-corrected chi connectivity index (χ1v) is 5.90. The summed E-state index contributed by atoms with van der Waals surface area (Å²) in [6, 6.07) is 12.0. The van der Waals surface area contributed by atoms with Crippen LogP contribution in [-0.4, -0.2) is 5.11 Å². The molecule has 1 aromatic heterocycles. The van der Waals surface area contributed by atoms with Gasteiger partial charge in [0.1, 0.15) is 11.3 Å². The zero-order valence-corrected chi connectivity index (χ0v) is 10.3. The van der Waals surface area contributed by atoms with Gasteiger partial charge < -0.3 is 9.52 Å². The van der Waals surface area contributed by atoms with Crippen molar-refractivity contribution < 1.29 is 9.52 Å². The molecule has 0 spiro atoms. The Kier molecular flexibility index (Phi) is 3.33. The summed E-state index contributed by atoms with van der Waals surface area (Å²) in [5.74, 6) is 0.0888. The lowest BCUT2D eigenvalue weighted by atomic mass is 10.1. The average molecular weight is 242 g/mol. The molecule has 18 heavy (non-hydrogen) atoms. The minimum atomic E-state index is -0.381. The van der Waals surface area contributed by atoms with Crippen LogP contribution in [0, 0.1) is 0 Å². The third-order valence-electron chi connectivity index (χ3n) is 2.61. The fourth-order valence-electron chi connectivity index (χ4n) is 1.87. The molecule has 0 aliphatic carbocycles. The number of aromatic hydroxyl groups is 1. The first-order chi connectivity index (χ1) is 8.75. The van der Waals surface area contributed by atoms with E-state index in [0.717, 1.165) is 10.8 Å². The van der Waals surface area contributed by atoms with E-state index in [1.165, 1.54) is 6.07 Å². The quantitative estimate of drug-likeness (QED) is 0.483. The smallest absolute Gasteiger partial charge is 0.344 e. The predicted molar refractivity (Wildman–Crippen MR) is 73.0 cm³/mol. The third kappa shape index (κ3) is 1.95. The maximum Gasteiger partial charge on any atom is 0.344 e. The molecule has 0 aliphatic heterocycles. The van der Waals surface area contributed by atoms with Gasteiger partial charge in [0.15, 0.2) is 0 Å². The largest absolute Gasteiger partial charge is 0.508 e. The highest BCUT2D eigenvalue weighted by Crippen LogP contribution is 2.25. The molecule has 1 N–H and O–H groups in total. The molecule has 1 heterocycles. The number of benzene rings is 2. The van der Waals surface area contributed by atoms with Crippen molar-refractivity contribution in [3.63, 3.8) is 0 Å². The van der Waals surface area contributed by atoms with Crippen LogP contribution in [0.4, 0.5) is 0 Å². The normalized spacial score (nSPS) is 10.1. The highest BCUT2D eigenvalue weighted by molar-refractivity contribution is 6.04. The summed E-state index contributed by atoms with van der Waals surface area (Å²) in [4.78, 5) is 11.7. The van der Waals surface area contributed by atoms with Crippen molar-refractivity contribution in [2.24, 2.45) is 0 Å². The molecule has 3 nitrogen and oxygen atoms in total. The Bertz CT molecular complexity index is 741. The summed E-state index contributed by atoms with van der Waals surface area (Å²) < 4.78 is 5.14. The van der Waals surface area contributed by atoms with E-state index in [9.17, 15) is 9.90 Å². The molecule has 3 rings (SSSR count). The fraction of sp³-hybridized carbons (Fsp3) is 0.133. The van der Waals surface area contributed by atoms with Crippen molar-refractivity contribution in [1.29, 1.82) is 0 Å². The second-order valence-electron chi connectivity index (χ2n) is 3.62. The van der Waals surface area contributed by atoms with Gasteiger partial charge in [0.05, 0.1) is 5.39 Å². The number of phenols is 1. The third-order valence-corrected chi connectivity index (χ3v) is 2.61. The Morgan fingerprint density at radius 3 is 2.33 bits per heavy atom. The summed E-state index contributed by atoms with van der Waals surface area (Å²) >= 11 is 0. The van der Waals surface area contributed by atoms with Crippen LogP contribution in [0.15, 0.2) is 51.7 Å². The highest BCUT2D eigenvalue weighted by Gasteiger charge is 2.06. The van der Waals surface area contributed by atoms with Crippen molar-refractivity contribution in [2.45, 2.75) is 13.8 Å². The van der Waals surface area contributed by atoms with Gasteiger partial charge in [-0.1, -0.05) is 32.0 Å². The van der Waals surface area contributed by atoms with Gasteiger partial charge in [-0.3, -0.25) is 0 Å². The molecule has 0 unspecified atom stereocenters. The Balaban J connectivity index is 0.000000574. The number of hydrogen-bond acceptors (Lipinski definition) is 3. The molecule has 0 fully saturated rings. The van der Waals surface area contributed by atoms with Gasteiger partial charge in [-0.05, 0) is 23.6 Å². The molecule has 0 radical (unpaired) electrons. The second kappa shape index (κ2) is 4.92. The van der Waals surface area contributed by atoms with E-state index in [2.05, 4.69) is 0 Å². The Morgan fingerprint density at radius 1 is 0.944 bits per heavy atom. The lowest BCUT2D eigenvalue weighted by Gasteiger charge is -2.01. The number of hydrogen-bond donors (Lipinski definition) is 1. The maximum absolute atomic E-state index is 11.7. The van der Waals surface area contributed by atoms with E-state index in [0.29, 0.717) is 11.0 Å². The van der Waals surface area contributed by atoms with Crippen molar-refractivity contribution in [1.82, 2.24) is 0 Å². The molecule has 0 aliphatic rings.